The molecule has 2 aromatic rings. The topological polar surface area (TPSA) is 81.9 Å². The van der Waals surface area contributed by atoms with E-state index in [1.165, 1.54) is 6.07 Å². The van der Waals surface area contributed by atoms with E-state index in [0.29, 0.717) is 34.0 Å². The van der Waals surface area contributed by atoms with E-state index in [1.807, 2.05) is 0 Å². The second-order valence-corrected chi connectivity index (χ2v) is 4.79. The fourth-order valence-corrected chi connectivity index (χ4v) is 2.52. The Labute approximate surface area is 119 Å². The zero-order valence-electron chi connectivity index (χ0n) is 10.8. The number of hydrogen-bond donors (Lipinski definition) is 1. The molecule has 0 bridgehead atoms. The molecule has 0 aliphatic carbocycles. The van der Waals surface area contributed by atoms with E-state index in [0.717, 1.165) is 4.90 Å². The predicted molar refractivity (Wildman–Crippen MR) is 74.6 cm³/mol. The molecule has 0 saturated heterocycles. The first-order chi connectivity index (χ1) is 10.1. The first-order valence-electron chi connectivity index (χ1n) is 6.33. The molecule has 0 radical (unpaired) electrons. The zero-order valence-corrected chi connectivity index (χ0v) is 10.8. The Morgan fingerprint density at radius 3 is 2.52 bits per heavy atom. The highest BCUT2D eigenvalue weighted by atomic mass is 16.7. The predicted octanol–water partition coefficient (Wildman–Crippen LogP) is 1.80. The SMILES string of the molecule is Nc1ccc2c(c1)C(=O)N(c1ccc3c(c1)OCO3)C2=O. The van der Waals surface area contributed by atoms with Gasteiger partial charge >= 0.3 is 0 Å². The molecule has 6 heteroatoms. The van der Waals surface area contributed by atoms with Gasteiger partial charge in [0.05, 0.1) is 16.8 Å². The quantitative estimate of drug-likeness (QED) is 0.637. The van der Waals surface area contributed by atoms with Crippen molar-refractivity contribution < 1.29 is 19.1 Å². The Bertz CT molecular complexity index is 800. The van der Waals surface area contributed by atoms with Crippen LogP contribution in [0.15, 0.2) is 36.4 Å². The zero-order chi connectivity index (χ0) is 14.6. The number of nitrogens with two attached hydrogens (primary N) is 1. The largest absolute Gasteiger partial charge is 0.454 e. The van der Waals surface area contributed by atoms with Crippen LogP contribution in [0, 0.1) is 0 Å². The molecule has 2 N–H and O–H groups in total. The molecule has 0 unspecified atom stereocenters. The highest BCUT2D eigenvalue weighted by Crippen LogP contribution is 2.38. The van der Waals surface area contributed by atoms with Gasteiger partial charge in [-0.3, -0.25) is 9.59 Å². The molecule has 0 fully saturated rings. The highest BCUT2D eigenvalue weighted by molar-refractivity contribution is 6.34. The van der Waals surface area contributed by atoms with Crippen molar-refractivity contribution in [2.75, 3.05) is 17.4 Å². The molecular weight excluding hydrogens is 272 g/mol. The molecule has 4 rings (SSSR count). The number of carbonyl (C=O) groups excluding carboxylic acids is 2. The number of carbonyl (C=O) groups is 2. The first-order valence-corrected chi connectivity index (χ1v) is 6.33. The summed E-state index contributed by atoms with van der Waals surface area (Å²) in [5.41, 5.74) is 7.24. The van der Waals surface area contributed by atoms with Gasteiger partial charge in [0, 0.05) is 11.8 Å². The van der Waals surface area contributed by atoms with Gasteiger partial charge in [0.2, 0.25) is 6.79 Å². The summed E-state index contributed by atoms with van der Waals surface area (Å²) in [6.07, 6.45) is 0. The number of amides is 2. The van der Waals surface area contributed by atoms with Crippen LogP contribution in [0.1, 0.15) is 20.7 Å². The molecule has 0 aromatic heterocycles. The van der Waals surface area contributed by atoms with Crippen LogP contribution in [-0.4, -0.2) is 18.6 Å². The third-order valence-electron chi connectivity index (χ3n) is 3.52. The van der Waals surface area contributed by atoms with Gasteiger partial charge in [-0.15, -0.1) is 0 Å². The third kappa shape index (κ3) is 1.59. The molecule has 21 heavy (non-hydrogen) atoms. The fourth-order valence-electron chi connectivity index (χ4n) is 2.52. The second-order valence-electron chi connectivity index (χ2n) is 4.79. The van der Waals surface area contributed by atoms with Gasteiger partial charge in [0.15, 0.2) is 11.5 Å². The number of imide groups is 1. The van der Waals surface area contributed by atoms with Gasteiger partial charge in [0.25, 0.3) is 11.8 Å². The Balaban J connectivity index is 1.81. The van der Waals surface area contributed by atoms with Crippen molar-refractivity contribution in [2.45, 2.75) is 0 Å². The van der Waals surface area contributed by atoms with Crippen molar-refractivity contribution in [3.05, 3.63) is 47.5 Å². The number of benzene rings is 2. The second kappa shape index (κ2) is 3.99. The normalized spacial score (nSPS) is 15.5. The molecule has 0 atom stereocenters. The van der Waals surface area contributed by atoms with Gasteiger partial charge in [-0.25, -0.2) is 4.90 Å². The highest BCUT2D eigenvalue weighted by Gasteiger charge is 2.37. The van der Waals surface area contributed by atoms with Crippen molar-refractivity contribution in [1.82, 2.24) is 0 Å². The van der Waals surface area contributed by atoms with E-state index in [-0.39, 0.29) is 18.6 Å². The van der Waals surface area contributed by atoms with Gasteiger partial charge < -0.3 is 15.2 Å². The lowest BCUT2D eigenvalue weighted by molar-refractivity contribution is 0.0926. The maximum absolute atomic E-state index is 12.4. The minimum atomic E-state index is -0.388. The standard InChI is InChI=1S/C15H10N2O4/c16-8-1-3-10-11(5-8)15(19)17(14(10)18)9-2-4-12-13(6-9)21-7-20-12/h1-6H,7,16H2. The van der Waals surface area contributed by atoms with Gasteiger partial charge in [-0.2, -0.15) is 0 Å². The number of hydrogen-bond acceptors (Lipinski definition) is 5. The van der Waals surface area contributed by atoms with E-state index in [4.69, 9.17) is 15.2 Å². The summed E-state index contributed by atoms with van der Waals surface area (Å²) in [7, 11) is 0. The van der Waals surface area contributed by atoms with Crippen molar-refractivity contribution in [1.29, 1.82) is 0 Å². The molecule has 2 heterocycles. The summed E-state index contributed by atoms with van der Waals surface area (Å²) in [5, 5.41) is 0. The third-order valence-corrected chi connectivity index (χ3v) is 3.52. The van der Waals surface area contributed by atoms with Crippen molar-refractivity contribution in [3.8, 4) is 11.5 Å². The van der Waals surface area contributed by atoms with Crippen molar-refractivity contribution in [2.24, 2.45) is 0 Å². The molecule has 2 aliphatic heterocycles. The number of fused-ring (bicyclic) bond motifs is 2. The number of nitrogens with zero attached hydrogens (tertiary/aromatic N) is 1. The minimum Gasteiger partial charge on any atom is -0.454 e. The van der Waals surface area contributed by atoms with Crippen LogP contribution >= 0.6 is 0 Å². The number of anilines is 2. The molecule has 0 spiro atoms. The van der Waals surface area contributed by atoms with E-state index in [2.05, 4.69) is 0 Å². The lowest BCUT2D eigenvalue weighted by Gasteiger charge is -2.14. The molecule has 2 amide bonds. The van der Waals surface area contributed by atoms with Crippen LogP contribution in [0.4, 0.5) is 11.4 Å². The number of nitrogen functional groups attached to an aromatic ring is 1. The lowest BCUT2D eigenvalue weighted by Crippen LogP contribution is -2.29. The smallest absolute Gasteiger partial charge is 0.266 e. The maximum Gasteiger partial charge on any atom is 0.266 e. The molecule has 2 aromatic carbocycles. The fraction of sp³-hybridized carbons (Fsp3) is 0.0667. The van der Waals surface area contributed by atoms with E-state index in [9.17, 15) is 9.59 Å². The van der Waals surface area contributed by atoms with Gasteiger partial charge in [-0.05, 0) is 30.3 Å². The average molecular weight is 282 g/mol. The summed E-state index contributed by atoms with van der Waals surface area (Å²) in [5.74, 6) is 0.359. The monoisotopic (exact) mass is 282 g/mol. The van der Waals surface area contributed by atoms with Crippen LogP contribution in [0.2, 0.25) is 0 Å². The lowest BCUT2D eigenvalue weighted by atomic mass is 10.1. The van der Waals surface area contributed by atoms with E-state index in [1.54, 1.807) is 30.3 Å². The summed E-state index contributed by atoms with van der Waals surface area (Å²) in [6, 6.07) is 9.63. The Morgan fingerprint density at radius 1 is 0.905 bits per heavy atom. The molecule has 2 aliphatic rings. The van der Waals surface area contributed by atoms with Crippen LogP contribution in [-0.2, 0) is 0 Å². The van der Waals surface area contributed by atoms with Crippen LogP contribution in [0.25, 0.3) is 0 Å². The summed E-state index contributed by atoms with van der Waals surface area (Å²) in [4.78, 5) is 26.0. The van der Waals surface area contributed by atoms with E-state index >= 15 is 0 Å². The van der Waals surface area contributed by atoms with Crippen molar-refractivity contribution >= 4 is 23.2 Å². The minimum absolute atomic E-state index is 0.136. The Kier molecular flexibility index (Phi) is 2.24. The van der Waals surface area contributed by atoms with Gasteiger partial charge in [0.1, 0.15) is 0 Å². The maximum atomic E-state index is 12.4. The molecule has 0 saturated carbocycles. The molecular formula is C15H10N2O4. The van der Waals surface area contributed by atoms with Crippen LogP contribution in [0.3, 0.4) is 0 Å². The summed E-state index contributed by atoms with van der Waals surface area (Å²) in [6.45, 7) is 0.136. The Morgan fingerprint density at radius 2 is 1.67 bits per heavy atom. The van der Waals surface area contributed by atoms with Crippen LogP contribution in [0.5, 0.6) is 11.5 Å². The number of rotatable bonds is 1. The average Bonchev–Trinajstić information content (AvgIpc) is 3.02. The number of ether oxygens (including phenoxy) is 2. The summed E-state index contributed by atoms with van der Waals surface area (Å²) < 4.78 is 10.5. The molecule has 6 nitrogen and oxygen atoms in total. The van der Waals surface area contributed by atoms with Crippen molar-refractivity contribution in [3.63, 3.8) is 0 Å². The van der Waals surface area contributed by atoms with Crippen LogP contribution < -0.4 is 20.1 Å². The van der Waals surface area contributed by atoms with E-state index < -0.39 is 0 Å². The molecule has 104 valence electrons. The Hall–Kier alpha value is -3.02. The van der Waals surface area contributed by atoms with Gasteiger partial charge in [-0.1, -0.05) is 0 Å². The summed E-state index contributed by atoms with van der Waals surface area (Å²) >= 11 is 0. The first kappa shape index (κ1) is 11.8.